The van der Waals surface area contributed by atoms with Gasteiger partial charge < -0.3 is 10.1 Å². The lowest BCUT2D eigenvalue weighted by molar-refractivity contribution is -0.118. The normalized spacial score (nSPS) is 9.91. The van der Waals surface area contributed by atoms with Crippen molar-refractivity contribution in [1.82, 2.24) is 0 Å². The van der Waals surface area contributed by atoms with Gasteiger partial charge in [0.2, 0.25) is 0 Å². The van der Waals surface area contributed by atoms with E-state index in [2.05, 4.69) is 11.4 Å². The highest BCUT2D eigenvalue weighted by Crippen LogP contribution is 2.27. The van der Waals surface area contributed by atoms with Crippen molar-refractivity contribution in [1.29, 1.82) is 5.26 Å². The number of amides is 1. The molecule has 6 heteroatoms. The fourth-order valence-electron chi connectivity index (χ4n) is 1.79. The number of carbonyl (C=O) groups excluding carboxylic acids is 1. The number of nitrogens with zero attached hydrogens (tertiary/aromatic N) is 1. The molecule has 0 saturated heterocycles. The third kappa shape index (κ3) is 5.51. The molecule has 4 nitrogen and oxygen atoms in total. The molecule has 2 aromatic carbocycles. The lowest BCUT2D eigenvalue weighted by Gasteiger charge is -2.11. The second kappa shape index (κ2) is 9.09. The van der Waals surface area contributed by atoms with Gasteiger partial charge in [-0.15, -0.1) is 11.8 Å². The highest BCUT2D eigenvalue weighted by molar-refractivity contribution is 7.99. The molecule has 0 atom stereocenters. The molecule has 0 bridgehead atoms. The van der Waals surface area contributed by atoms with Crippen molar-refractivity contribution in [2.24, 2.45) is 0 Å². The Bertz CT molecular complexity index is 716. The molecule has 0 radical (unpaired) electrons. The van der Waals surface area contributed by atoms with Gasteiger partial charge in [0.15, 0.2) is 6.61 Å². The quantitative estimate of drug-likeness (QED) is 0.597. The van der Waals surface area contributed by atoms with Gasteiger partial charge in [-0.1, -0.05) is 35.9 Å². The lowest BCUT2D eigenvalue weighted by atomic mass is 10.3. The molecule has 23 heavy (non-hydrogen) atoms. The van der Waals surface area contributed by atoms with Crippen LogP contribution in [-0.2, 0) is 4.79 Å². The zero-order valence-corrected chi connectivity index (χ0v) is 13.9. The monoisotopic (exact) mass is 346 g/mol. The predicted molar refractivity (Wildman–Crippen MR) is 93.0 cm³/mol. The highest BCUT2D eigenvalue weighted by Gasteiger charge is 2.09. The zero-order valence-electron chi connectivity index (χ0n) is 12.3. The number of thioether (sulfide) groups is 1. The van der Waals surface area contributed by atoms with Crippen LogP contribution in [0.1, 0.15) is 6.42 Å². The van der Waals surface area contributed by atoms with E-state index in [-0.39, 0.29) is 12.5 Å². The first-order valence-corrected chi connectivity index (χ1v) is 8.33. The first-order chi connectivity index (χ1) is 11.2. The average Bonchev–Trinajstić information content (AvgIpc) is 2.56. The Hall–Kier alpha value is -2.16. The number of carbonyl (C=O) groups is 1. The van der Waals surface area contributed by atoms with Crippen molar-refractivity contribution in [2.45, 2.75) is 11.3 Å². The van der Waals surface area contributed by atoms with E-state index >= 15 is 0 Å². The minimum absolute atomic E-state index is 0.124. The second-order valence-corrected chi connectivity index (χ2v) is 6.06. The summed E-state index contributed by atoms with van der Waals surface area (Å²) in [6.07, 6.45) is 0.461. The molecule has 0 spiro atoms. The molecule has 0 saturated carbocycles. The van der Waals surface area contributed by atoms with E-state index in [0.29, 0.717) is 28.6 Å². The van der Waals surface area contributed by atoms with Crippen LogP contribution in [0, 0.1) is 11.3 Å². The number of ether oxygens (including phenoxy) is 1. The summed E-state index contributed by atoms with van der Waals surface area (Å²) in [7, 11) is 0. The smallest absolute Gasteiger partial charge is 0.262 e. The Kier molecular flexibility index (Phi) is 6.79. The molecule has 0 aliphatic heterocycles. The summed E-state index contributed by atoms with van der Waals surface area (Å²) in [6, 6.07) is 16.6. The third-order valence-electron chi connectivity index (χ3n) is 2.83. The summed E-state index contributed by atoms with van der Waals surface area (Å²) < 4.78 is 5.42. The molecule has 0 fully saturated rings. The van der Waals surface area contributed by atoms with Gasteiger partial charge in [0.25, 0.3) is 5.91 Å². The van der Waals surface area contributed by atoms with Crippen molar-refractivity contribution >= 4 is 35.0 Å². The van der Waals surface area contributed by atoms with Crippen LogP contribution in [0.5, 0.6) is 5.75 Å². The maximum atomic E-state index is 12.0. The van der Waals surface area contributed by atoms with E-state index in [9.17, 15) is 4.79 Å². The van der Waals surface area contributed by atoms with Crippen LogP contribution >= 0.6 is 23.4 Å². The number of nitrogens with one attached hydrogen (secondary N) is 1. The van der Waals surface area contributed by atoms with E-state index in [1.165, 1.54) is 11.8 Å². The number of hydrogen-bond donors (Lipinski definition) is 1. The molecule has 0 aliphatic rings. The summed E-state index contributed by atoms with van der Waals surface area (Å²) in [5.74, 6) is 0.888. The molecule has 0 aliphatic carbocycles. The largest absolute Gasteiger partial charge is 0.482 e. The molecule has 2 aromatic rings. The first kappa shape index (κ1) is 17.2. The van der Waals surface area contributed by atoms with Crippen LogP contribution < -0.4 is 10.1 Å². The van der Waals surface area contributed by atoms with Gasteiger partial charge in [0.05, 0.1) is 16.8 Å². The number of para-hydroxylation sites is 2. The van der Waals surface area contributed by atoms with E-state index in [1.54, 1.807) is 24.3 Å². The molecule has 0 aromatic heterocycles. The number of rotatable bonds is 7. The van der Waals surface area contributed by atoms with Crippen LogP contribution in [0.25, 0.3) is 0 Å². The molecule has 2 rings (SSSR count). The number of halogens is 1. The fourth-order valence-corrected chi connectivity index (χ4v) is 2.85. The van der Waals surface area contributed by atoms with Crippen molar-refractivity contribution in [3.63, 3.8) is 0 Å². The predicted octanol–water partition coefficient (Wildman–Crippen LogP) is 4.36. The highest BCUT2D eigenvalue weighted by atomic mass is 35.5. The van der Waals surface area contributed by atoms with Crippen molar-refractivity contribution in [3.05, 3.63) is 53.6 Å². The van der Waals surface area contributed by atoms with Gasteiger partial charge in [-0.3, -0.25) is 4.79 Å². The molecule has 1 amide bonds. The minimum atomic E-state index is -0.266. The molecule has 1 N–H and O–H groups in total. The Morgan fingerprint density at radius 3 is 2.74 bits per heavy atom. The summed E-state index contributed by atoms with van der Waals surface area (Å²) in [4.78, 5) is 13.0. The number of hydrogen-bond acceptors (Lipinski definition) is 4. The summed E-state index contributed by atoms with van der Waals surface area (Å²) in [5, 5.41) is 11.9. The Labute approximate surface area is 144 Å². The third-order valence-corrected chi connectivity index (χ3v) is 4.22. The maximum absolute atomic E-state index is 12.0. The van der Waals surface area contributed by atoms with Gasteiger partial charge in [-0.25, -0.2) is 0 Å². The molecule has 0 unspecified atom stereocenters. The second-order valence-electron chi connectivity index (χ2n) is 4.52. The first-order valence-electron chi connectivity index (χ1n) is 6.96. The van der Waals surface area contributed by atoms with Crippen LogP contribution in [-0.4, -0.2) is 18.3 Å². The number of anilines is 1. The van der Waals surface area contributed by atoms with Crippen molar-refractivity contribution < 1.29 is 9.53 Å². The van der Waals surface area contributed by atoms with Crippen molar-refractivity contribution in [2.75, 3.05) is 17.7 Å². The van der Waals surface area contributed by atoms with Crippen LogP contribution in [0.15, 0.2) is 53.4 Å². The summed E-state index contributed by atoms with van der Waals surface area (Å²) in [6.45, 7) is -0.124. The Balaban J connectivity index is 1.92. The van der Waals surface area contributed by atoms with Crippen LogP contribution in [0.3, 0.4) is 0 Å². The molecule has 0 heterocycles. The SMILES string of the molecule is N#CCCSc1ccccc1NC(=O)COc1ccccc1Cl. The lowest BCUT2D eigenvalue weighted by Crippen LogP contribution is -2.20. The van der Waals surface area contributed by atoms with Crippen molar-refractivity contribution in [3.8, 4) is 11.8 Å². The van der Waals surface area contributed by atoms with E-state index < -0.39 is 0 Å². The number of benzene rings is 2. The molecule has 118 valence electrons. The van der Waals surface area contributed by atoms with Gasteiger partial charge in [-0.2, -0.15) is 5.26 Å². The topological polar surface area (TPSA) is 62.1 Å². The van der Waals surface area contributed by atoms with Gasteiger partial charge in [0.1, 0.15) is 5.75 Å². The fraction of sp³-hybridized carbons (Fsp3) is 0.176. The van der Waals surface area contributed by atoms with E-state index in [1.807, 2.05) is 24.3 Å². The Morgan fingerprint density at radius 1 is 1.22 bits per heavy atom. The van der Waals surface area contributed by atoms with Gasteiger partial charge >= 0.3 is 0 Å². The zero-order chi connectivity index (χ0) is 16.5. The minimum Gasteiger partial charge on any atom is -0.482 e. The van der Waals surface area contributed by atoms with Gasteiger partial charge in [-0.05, 0) is 24.3 Å². The molecular weight excluding hydrogens is 332 g/mol. The van der Waals surface area contributed by atoms with Crippen LogP contribution in [0.2, 0.25) is 5.02 Å². The van der Waals surface area contributed by atoms with Gasteiger partial charge in [0, 0.05) is 17.1 Å². The average molecular weight is 347 g/mol. The summed E-state index contributed by atoms with van der Waals surface area (Å²) >= 11 is 7.51. The molecular formula is C17H15ClN2O2S. The standard InChI is InChI=1S/C17H15ClN2O2S/c18-13-6-1-3-8-15(13)22-12-17(21)20-14-7-2-4-9-16(14)23-11-5-10-19/h1-4,6-9H,5,11-12H2,(H,20,21). The maximum Gasteiger partial charge on any atom is 0.262 e. The van der Waals surface area contributed by atoms with E-state index in [0.717, 1.165) is 4.90 Å². The summed E-state index contributed by atoms with van der Waals surface area (Å²) in [5.41, 5.74) is 0.711. The van der Waals surface area contributed by atoms with Crippen LogP contribution in [0.4, 0.5) is 5.69 Å². The van der Waals surface area contributed by atoms with E-state index in [4.69, 9.17) is 21.6 Å². The Morgan fingerprint density at radius 2 is 1.96 bits per heavy atom. The number of nitriles is 1.